The Kier molecular flexibility index (Phi) is 3.97. The van der Waals surface area contributed by atoms with E-state index in [2.05, 4.69) is 5.32 Å². The number of nitrogens with one attached hydrogen (secondary N) is 1. The van der Waals surface area contributed by atoms with Gasteiger partial charge in [0.1, 0.15) is 5.82 Å². The van der Waals surface area contributed by atoms with Crippen molar-refractivity contribution in [2.45, 2.75) is 25.7 Å². The largest absolute Gasteiger partial charge is 0.481 e. The second-order valence-electron chi connectivity index (χ2n) is 4.91. The van der Waals surface area contributed by atoms with Gasteiger partial charge in [0.05, 0.1) is 5.92 Å². The first-order valence-electron chi connectivity index (χ1n) is 6.29. The molecule has 2 N–H and O–H groups in total. The van der Waals surface area contributed by atoms with Crippen LogP contribution in [0.1, 0.15) is 29.9 Å². The molecule has 1 fully saturated rings. The summed E-state index contributed by atoms with van der Waals surface area (Å²) >= 11 is 0. The number of piperidine rings is 1. The van der Waals surface area contributed by atoms with Crippen molar-refractivity contribution in [3.05, 3.63) is 35.1 Å². The number of benzene rings is 1. The molecule has 1 aliphatic rings. The number of rotatable bonds is 3. The minimum Gasteiger partial charge on any atom is -0.481 e. The number of hydrogen-bond acceptors (Lipinski definition) is 2. The normalized spacial score (nSPS) is 18.6. The highest BCUT2D eigenvalue weighted by Gasteiger charge is 2.30. The van der Waals surface area contributed by atoms with Crippen LogP contribution < -0.4 is 5.32 Å². The lowest BCUT2D eigenvalue weighted by molar-refractivity contribution is -0.140. The molecule has 0 saturated carbocycles. The third kappa shape index (κ3) is 2.70. The first-order chi connectivity index (χ1) is 8.59. The quantitative estimate of drug-likeness (QED) is 0.866. The fourth-order valence-corrected chi connectivity index (χ4v) is 2.66. The summed E-state index contributed by atoms with van der Waals surface area (Å²) in [6, 6.07) is 4.63. The van der Waals surface area contributed by atoms with Crippen molar-refractivity contribution in [3.8, 4) is 0 Å². The van der Waals surface area contributed by atoms with Crippen molar-refractivity contribution in [2.24, 2.45) is 5.92 Å². The van der Waals surface area contributed by atoms with Gasteiger partial charge in [-0.3, -0.25) is 4.79 Å². The lowest BCUT2D eigenvalue weighted by atomic mass is 9.80. The molecule has 2 rings (SSSR count). The fourth-order valence-electron chi connectivity index (χ4n) is 2.66. The summed E-state index contributed by atoms with van der Waals surface area (Å²) in [6.45, 7) is 3.38. The van der Waals surface area contributed by atoms with Gasteiger partial charge >= 0.3 is 5.97 Å². The molecule has 0 radical (unpaired) electrons. The minimum atomic E-state index is -0.812. The van der Waals surface area contributed by atoms with E-state index < -0.39 is 11.9 Å². The van der Waals surface area contributed by atoms with Gasteiger partial charge in [0, 0.05) is 0 Å². The van der Waals surface area contributed by atoms with Crippen molar-refractivity contribution >= 4 is 5.97 Å². The van der Waals surface area contributed by atoms with Gasteiger partial charge in [-0.1, -0.05) is 12.1 Å². The predicted molar refractivity (Wildman–Crippen MR) is 67.1 cm³/mol. The van der Waals surface area contributed by atoms with E-state index >= 15 is 0 Å². The molecule has 1 atom stereocenters. The molecule has 0 amide bonds. The van der Waals surface area contributed by atoms with Crippen LogP contribution in [0, 0.1) is 18.7 Å². The topological polar surface area (TPSA) is 49.3 Å². The lowest BCUT2D eigenvalue weighted by Crippen LogP contribution is -2.33. The van der Waals surface area contributed by atoms with Crippen molar-refractivity contribution < 1.29 is 14.3 Å². The maximum atomic E-state index is 13.2. The number of carboxylic acid groups (broad SMARTS) is 1. The summed E-state index contributed by atoms with van der Waals surface area (Å²) in [5, 5.41) is 12.7. The van der Waals surface area contributed by atoms with Crippen molar-refractivity contribution in [3.63, 3.8) is 0 Å². The van der Waals surface area contributed by atoms with Crippen LogP contribution in [-0.2, 0) is 4.79 Å². The average Bonchev–Trinajstić information content (AvgIpc) is 2.35. The van der Waals surface area contributed by atoms with Crippen molar-refractivity contribution in [1.82, 2.24) is 5.32 Å². The Morgan fingerprint density at radius 2 is 2.11 bits per heavy atom. The zero-order chi connectivity index (χ0) is 13.1. The molecule has 0 spiro atoms. The summed E-state index contributed by atoms with van der Waals surface area (Å²) in [7, 11) is 0. The van der Waals surface area contributed by atoms with E-state index in [1.54, 1.807) is 19.1 Å². The van der Waals surface area contributed by atoms with Gasteiger partial charge < -0.3 is 10.4 Å². The Balaban J connectivity index is 2.28. The van der Waals surface area contributed by atoms with E-state index in [9.17, 15) is 14.3 Å². The standard InChI is InChI=1S/C14H18FNO2/c1-9-8-11(2-3-12(9)15)13(14(17)18)10-4-6-16-7-5-10/h2-3,8,10,13,16H,4-7H2,1H3,(H,17,18). The molecular formula is C14H18FNO2. The van der Waals surface area contributed by atoms with Gasteiger partial charge in [-0.15, -0.1) is 0 Å². The van der Waals surface area contributed by atoms with E-state index in [-0.39, 0.29) is 11.7 Å². The Hall–Kier alpha value is -1.42. The zero-order valence-electron chi connectivity index (χ0n) is 10.4. The van der Waals surface area contributed by atoms with Crippen LogP contribution in [0.3, 0.4) is 0 Å². The van der Waals surface area contributed by atoms with Gasteiger partial charge in [0.2, 0.25) is 0 Å². The first-order valence-corrected chi connectivity index (χ1v) is 6.29. The van der Waals surface area contributed by atoms with E-state index in [0.29, 0.717) is 11.1 Å². The zero-order valence-corrected chi connectivity index (χ0v) is 10.4. The Morgan fingerprint density at radius 3 is 2.67 bits per heavy atom. The van der Waals surface area contributed by atoms with Gasteiger partial charge in [0.15, 0.2) is 0 Å². The predicted octanol–water partition coefficient (Wildman–Crippen LogP) is 2.30. The van der Waals surface area contributed by atoms with Crippen molar-refractivity contribution in [2.75, 3.05) is 13.1 Å². The average molecular weight is 251 g/mol. The molecular weight excluding hydrogens is 233 g/mol. The molecule has 1 aromatic rings. The summed E-state index contributed by atoms with van der Waals surface area (Å²) in [5.41, 5.74) is 1.22. The highest BCUT2D eigenvalue weighted by atomic mass is 19.1. The number of hydrogen-bond donors (Lipinski definition) is 2. The van der Waals surface area contributed by atoms with Gasteiger partial charge in [0.25, 0.3) is 0 Å². The Bertz CT molecular complexity index is 441. The highest BCUT2D eigenvalue weighted by Crippen LogP contribution is 2.32. The second kappa shape index (κ2) is 5.48. The van der Waals surface area contributed by atoms with Gasteiger partial charge in [-0.25, -0.2) is 4.39 Å². The summed E-state index contributed by atoms with van der Waals surface area (Å²) < 4.78 is 13.2. The second-order valence-corrected chi connectivity index (χ2v) is 4.91. The smallest absolute Gasteiger partial charge is 0.311 e. The molecule has 18 heavy (non-hydrogen) atoms. The Morgan fingerprint density at radius 1 is 1.44 bits per heavy atom. The fraction of sp³-hybridized carbons (Fsp3) is 0.500. The van der Waals surface area contributed by atoms with Gasteiger partial charge in [-0.05, 0) is 56.0 Å². The van der Waals surface area contributed by atoms with Crippen LogP contribution in [0.5, 0.6) is 0 Å². The van der Waals surface area contributed by atoms with E-state index in [1.807, 2.05) is 0 Å². The molecule has 1 aromatic carbocycles. The molecule has 3 nitrogen and oxygen atoms in total. The highest BCUT2D eigenvalue weighted by molar-refractivity contribution is 5.76. The minimum absolute atomic E-state index is 0.133. The molecule has 4 heteroatoms. The maximum absolute atomic E-state index is 13.2. The number of carboxylic acids is 1. The summed E-state index contributed by atoms with van der Waals surface area (Å²) in [4.78, 5) is 11.5. The molecule has 1 heterocycles. The molecule has 0 aromatic heterocycles. The monoisotopic (exact) mass is 251 g/mol. The molecule has 1 aliphatic heterocycles. The number of aryl methyl sites for hydroxylation is 1. The van der Waals surface area contributed by atoms with Crippen LogP contribution in [0.4, 0.5) is 4.39 Å². The SMILES string of the molecule is Cc1cc(C(C(=O)O)C2CCNCC2)ccc1F. The summed E-state index contributed by atoms with van der Waals surface area (Å²) in [5.74, 6) is -1.49. The van der Waals surface area contributed by atoms with Crippen LogP contribution in [0.25, 0.3) is 0 Å². The lowest BCUT2D eigenvalue weighted by Gasteiger charge is -2.28. The van der Waals surface area contributed by atoms with E-state index in [1.165, 1.54) is 6.07 Å². The number of aliphatic carboxylic acids is 1. The van der Waals surface area contributed by atoms with Crippen LogP contribution in [0.15, 0.2) is 18.2 Å². The van der Waals surface area contributed by atoms with Crippen LogP contribution >= 0.6 is 0 Å². The van der Waals surface area contributed by atoms with Crippen molar-refractivity contribution in [1.29, 1.82) is 0 Å². The number of halogens is 1. The third-order valence-electron chi connectivity index (χ3n) is 3.66. The van der Waals surface area contributed by atoms with E-state index in [4.69, 9.17) is 0 Å². The number of carbonyl (C=O) groups is 1. The van der Waals surface area contributed by atoms with Gasteiger partial charge in [-0.2, -0.15) is 0 Å². The van der Waals surface area contributed by atoms with E-state index in [0.717, 1.165) is 25.9 Å². The summed E-state index contributed by atoms with van der Waals surface area (Å²) in [6.07, 6.45) is 1.71. The Labute approximate surface area is 106 Å². The van der Waals surface area contributed by atoms with Crippen LogP contribution in [-0.4, -0.2) is 24.2 Å². The molecule has 0 aliphatic carbocycles. The maximum Gasteiger partial charge on any atom is 0.311 e. The molecule has 1 saturated heterocycles. The first kappa shape index (κ1) is 13.0. The molecule has 98 valence electrons. The molecule has 1 unspecified atom stereocenters. The van der Waals surface area contributed by atoms with Crippen LogP contribution in [0.2, 0.25) is 0 Å². The molecule has 0 bridgehead atoms. The third-order valence-corrected chi connectivity index (χ3v) is 3.66.